The van der Waals surface area contributed by atoms with Crippen molar-refractivity contribution in [3.63, 3.8) is 0 Å². The lowest BCUT2D eigenvalue weighted by Crippen LogP contribution is -2.38. The van der Waals surface area contributed by atoms with E-state index in [1.54, 1.807) is 7.11 Å². The van der Waals surface area contributed by atoms with E-state index >= 15 is 0 Å². The van der Waals surface area contributed by atoms with E-state index in [0.29, 0.717) is 19.7 Å². The number of ether oxygens (including phenoxy) is 2. The van der Waals surface area contributed by atoms with E-state index < -0.39 is 0 Å². The zero-order valence-electron chi connectivity index (χ0n) is 15.1. The van der Waals surface area contributed by atoms with Gasteiger partial charge in [0.1, 0.15) is 18.1 Å². The Bertz CT molecular complexity index is 701. The molecule has 2 aromatic rings. The van der Waals surface area contributed by atoms with E-state index in [9.17, 15) is 4.79 Å². The lowest BCUT2D eigenvalue weighted by Gasteiger charge is -2.12. The van der Waals surface area contributed by atoms with Crippen LogP contribution in [0, 0.1) is 13.8 Å². The van der Waals surface area contributed by atoms with Crippen LogP contribution < -0.4 is 20.1 Å². The Morgan fingerprint density at radius 1 is 1.00 bits per heavy atom. The summed E-state index contributed by atoms with van der Waals surface area (Å²) >= 11 is 0. The van der Waals surface area contributed by atoms with Gasteiger partial charge in [-0.05, 0) is 43.5 Å². The molecule has 0 unspecified atom stereocenters. The van der Waals surface area contributed by atoms with Gasteiger partial charge in [-0.2, -0.15) is 0 Å². The van der Waals surface area contributed by atoms with E-state index in [1.807, 2.05) is 50.2 Å². The minimum absolute atomic E-state index is 0.195. The third-order valence-electron chi connectivity index (χ3n) is 3.85. The Balaban J connectivity index is 1.64. The highest BCUT2D eigenvalue weighted by atomic mass is 16.5. The van der Waals surface area contributed by atoms with Crippen molar-refractivity contribution in [3.05, 3.63) is 59.2 Å². The molecule has 2 N–H and O–H groups in total. The molecule has 0 heterocycles. The van der Waals surface area contributed by atoms with E-state index in [4.69, 9.17) is 9.47 Å². The third-order valence-corrected chi connectivity index (χ3v) is 3.85. The maximum atomic E-state index is 11.8. The van der Waals surface area contributed by atoms with Crippen molar-refractivity contribution >= 4 is 6.03 Å². The van der Waals surface area contributed by atoms with Crippen molar-refractivity contribution in [3.8, 4) is 11.5 Å². The number of hydrogen-bond donors (Lipinski definition) is 2. The summed E-state index contributed by atoms with van der Waals surface area (Å²) in [5.41, 5.74) is 3.38. The monoisotopic (exact) mass is 342 g/mol. The molecule has 0 bridgehead atoms. The molecule has 0 spiro atoms. The zero-order chi connectivity index (χ0) is 18.1. The van der Waals surface area contributed by atoms with Crippen LogP contribution in [0.3, 0.4) is 0 Å². The SMILES string of the molecule is COc1ccccc1CCNC(=O)NCCOc1ccc(C)cc1C. The smallest absolute Gasteiger partial charge is 0.314 e. The number of rotatable bonds is 8. The predicted octanol–water partition coefficient (Wildman–Crippen LogP) is 3.23. The minimum atomic E-state index is -0.195. The van der Waals surface area contributed by atoms with E-state index in [1.165, 1.54) is 5.56 Å². The molecule has 134 valence electrons. The summed E-state index contributed by atoms with van der Waals surface area (Å²) < 4.78 is 11.0. The van der Waals surface area contributed by atoms with Gasteiger partial charge in [-0.3, -0.25) is 0 Å². The zero-order valence-corrected chi connectivity index (χ0v) is 15.1. The van der Waals surface area contributed by atoms with Crippen LogP contribution in [0.15, 0.2) is 42.5 Å². The number of methoxy groups -OCH3 is 1. The van der Waals surface area contributed by atoms with Gasteiger partial charge in [0.05, 0.1) is 13.7 Å². The molecule has 5 heteroatoms. The molecule has 0 saturated carbocycles. The number of benzene rings is 2. The molecule has 0 aliphatic heterocycles. The quantitative estimate of drug-likeness (QED) is 0.724. The number of carbonyl (C=O) groups is 1. The van der Waals surface area contributed by atoms with Crippen LogP contribution in [0.5, 0.6) is 11.5 Å². The van der Waals surface area contributed by atoms with Gasteiger partial charge in [0, 0.05) is 6.54 Å². The Hall–Kier alpha value is -2.69. The molecule has 0 radical (unpaired) electrons. The van der Waals surface area contributed by atoms with Crippen molar-refractivity contribution < 1.29 is 14.3 Å². The van der Waals surface area contributed by atoms with Crippen LogP contribution in [0.25, 0.3) is 0 Å². The molecule has 0 aliphatic rings. The maximum Gasteiger partial charge on any atom is 0.314 e. The summed E-state index contributed by atoms with van der Waals surface area (Å²) in [6, 6.07) is 13.7. The highest BCUT2D eigenvalue weighted by molar-refractivity contribution is 5.73. The van der Waals surface area contributed by atoms with Crippen LogP contribution in [0.2, 0.25) is 0 Å². The number of urea groups is 1. The van der Waals surface area contributed by atoms with Gasteiger partial charge in [0.25, 0.3) is 0 Å². The first-order valence-corrected chi connectivity index (χ1v) is 8.44. The highest BCUT2D eigenvalue weighted by Crippen LogP contribution is 2.18. The molecule has 0 atom stereocenters. The van der Waals surface area contributed by atoms with Gasteiger partial charge in [0.15, 0.2) is 0 Å². The second-order valence-electron chi connectivity index (χ2n) is 5.86. The standard InChI is InChI=1S/C20H26N2O3/c1-15-8-9-18(16(2)14-15)25-13-12-22-20(23)21-11-10-17-6-4-5-7-19(17)24-3/h4-9,14H,10-13H2,1-3H3,(H2,21,22,23). The van der Waals surface area contributed by atoms with Crippen molar-refractivity contribution in [2.24, 2.45) is 0 Å². The first kappa shape index (κ1) is 18.6. The summed E-state index contributed by atoms with van der Waals surface area (Å²) in [4.78, 5) is 11.8. The van der Waals surface area contributed by atoms with Gasteiger partial charge in [0.2, 0.25) is 0 Å². The van der Waals surface area contributed by atoms with Gasteiger partial charge in [-0.15, -0.1) is 0 Å². The molecule has 0 saturated heterocycles. The average Bonchev–Trinajstić information content (AvgIpc) is 2.60. The molecule has 2 rings (SSSR count). The number of hydrogen-bond acceptors (Lipinski definition) is 3. The number of amides is 2. The van der Waals surface area contributed by atoms with E-state index in [0.717, 1.165) is 29.0 Å². The molecule has 25 heavy (non-hydrogen) atoms. The largest absolute Gasteiger partial charge is 0.496 e. The van der Waals surface area contributed by atoms with Gasteiger partial charge in [-0.25, -0.2) is 4.79 Å². The number of carbonyl (C=O) groups excluding carboxylic acids is 1. The lowest BCUT2D eigenvalue weighted by atomic mass is 10.1. The van der Waals surface area contributed by atoms with Gasteiger partial charge >= 0.3 is 6.03 Å². The number of aryl methyl sites for hydroxylation is 2. The van der Waals surface area contributed by atoms with Crippen molar-refractivity contribution in [2.45, 2.75) is 20.3 Å². The van der Waals surface area contributed by atoms with Crippen molar-refractivity contribution in [1.82, 2.24) is 10.6 Å². The Labute approximate surface area is 149 Å². The predicted molar refractivity (Wildman–Crippen MR) is 99.5 cm³/mol. The fourth-order valence-corrected chi connectivity index (χ4v) is 2.57. The molecule has 5 nitrogen and oxygen atoms in total. The summed E-state index contributed by atoms with van der Waals surface area (Å²) in [7, 11) is 1.65. The van der Waals surface area contributed by atoms with Crippen LogP contribution in [0.1, 0.15) is 16.7 Å². The molecule has 0 aromatic heterocycles. The number of nitrogens with one attached hydrogen (secondary N) is 2. The van der Waals surface area contributed by atoms with E-state index in [-0.39, 0.29) is 6.03 Å². The van der Waals surface area contributed by atoms with Crippen molar-refractivity contribution in [2.75, 3.05) is 26.8 Å². The van der Waals surface area contributed by atoms with Gasteiger partial charge in [-0.1, -0.05) is 35.9 Å². The molecular formula is C20H26N2O3. The third kappa shape index (κ3) is 6.03. The lowest BCUT2D eigenvalue weighted by molar-refractivity contribution is 0.236. The summed E-state index contributed by atoms with van der Waals surface area (Å²) in [5.74, 6) is 1.69. The fourth-order valence-electron chi connectivity index (χ4n) is 2.57. The maximum absolute atomic E-state index is 11.8. The summed E-state index contributed by atoms with van der Waals surface area (Å²) in [6.07, 6.45) is 0.719. The Morgan fingerprint density at radius 3 is 2.52 bits per heavy atom. The average molecular weight is 342 g/mol. The second kappa shape index (κ2) is 9.57. The van der Waals surface area contributed by atoms with Crippen LogP contribution in [0.4, 0.5) is 4.79 Å². The molecular weight excluding hydrogens is 316 g/mol. The van der Waals surface area contributed by atoms with Crippen molar-refractivity contribution in [1.29, 1.82) is 0 Å². The van der Waals surface area contributed by atoms with Gasteiger partial charge < -0.3 is 20.1 Å². The summed E-state index contributed by atoms with van der Waals surface area (Å²) in [6.45, 7) is 5.50. The Morgan fingerprint density at radius 2 is 1.76 bits per heavy atom. The van der Waals surface area contributed by atoms with Crippen LogP contribution >= 0.6 is 0 Å². The summed E-state index contributed by atoms with van der Waals surface area (Å²) in [5, 5.41) is 5.63. The fraction of sp³-hybridized carbons (Fsp3) is 0.350. The molecule has 2 amide bonds. The van der Waals surface area contributed by atoms with Crippen LogP contribution in [-0.4, -0.2) is 32.8 Å². The normalized spacial score (nSPS) is 10.2. The second-order valence-corrected chi connectivity index (χ2v) is 5.86. The van der Waals surface area contributed by atoms with E-state index in [2.05, 4.69) is 16.7 Å². The first-order valence-electron chi connectivity index (χ1n) is 8.44. The highest BCUT2D eigenvalue weighted by Gasteiger charge is 2.04. The molecule has 2 aromatic carbocycles. The first-order chi connectivity index (χ1) is 12.1. The molecule has 0 fully saturated rings. The minimum Gasteiger partial charge on any atom is -0.496 e. The topological polar surface area (TPSA) is 59.6 Å². The Kier molecular flexibility index (Phi) is 7.14. The molecule has 0 aliphatic carbocycles. The number of para-hydroxylation sites is 1. The van der Waals surface area contributed by atoms with Crippen LogP contribution in [-0.2, 0) is 6.42 Å².